The molecule has 1 fully saturated rings. The summed E-state index contributed by atoms with van der Waals surface area (Å²) in [6.45, 7) is 5.55. The van der Waals surface area contributed by atoms with Crippen molar-refractivity contribution in [2.45, 2.75) is 25.9 Å². The zero-order valence-electron chi connectivity index (χ0n) is 14.7. The standard InChI is InChI=1S/C17H24N6O2/c1-13-3-5-14(6-4-13)17-19-21-23(20-17)12-16(24)18-15-7-8-22(11-15)9-10-25-2/h3-6,15H,7-12H2,1-2H3,(H,18,24). The number of rotatable bonds is 7. The second-order valence-electron chi connectivity index (χ2n) is 6.36. The van der Waals surface area contributed by atoms with Gasteiger partial charge in [-0.1, -0.05) is 29.8 Å². The van der Waals surface area contributed by atoms with Crippen LogP contribution in [0.2, 0.25) is 0 Å². The number of hydrogen-bond acceptors (Lipinski definition) is 6. The second kappa shape index (κ2) is 8.17. The zero-order chi connectivity index (χ0) is 17.6. The van der Waals surface area contributed by atoms with Crippen LogP contribution in [0.1, 0.15) is 12.0 Å². The van der Waals surface area contributed by atoms with E-state index in [0.717, 1.165) is 31.6 Å². The molecule has 1 aliphatic heterocycles. The van der Waals surface area contributed by atoms with Crippen molar-refractivity contribution < 1.29 is 9.53 Å². The van der Waals surface area contributed by atoms with Gasteiger partial charge in [0, 0.05) is 38.3 Å². The van der Waals surface area contributed by atoms with Crippen LogP contribution in [-0.2, 0) is 16.1 Å². The van der Waals surface area contributed by atoms with Gasteiger partial charge in [0.2, 0.25) is 11.7 Å². The van der Waals surface area contributed by atoms with Gasteiger partial charge < -0.3 is 10.1 Å². The molecule has 2 aromatic rings. The number of ether oxygens (including phenoxy) is 1. The minimum Gasteiger partial charge on any atom is -0.383 e. The van der Waals surface area contributed by atoms with E-state index in [1.807, 2.05) is 31.2 Å². The van der Waals surface area contributed by atoms with Crippen molar-refractivity contribution in [3.05, 3.63) is 29.8 Å². The predicted molar refractivity (Wildman–Crippen MR) is 92.9 cm³/mol. The number of carbonyl (C=O) groups is 1. The molecule has 1 amide bonds. The summed E-state index contributed by atoms with van der Waals surface area (Å²) >= 11 is 0. The Bertz CT molecular complexity index is 699. The number of methoxy groups -OCH3 is 1. The molecule has 1 aromatic carbocycles. The molecule has 0 bridgehead atoms. The van der Waals surface area contributed by atoms with Crippen LogP contribution in [0.4, 0.5) is 0 Å². The number of nitrogens with zero attached hydrogens (tertiary/aromatic N) is 5. The number of hydrogen-bond donors (Lipinski definition) is 1. The minimum absolute atomic E-state index is 0.0768. The van der Waals surface area contributed by atoms with Crippen molar-refractivity contribution in [3.63, 3.8) is 0 Å². The molecular formula is C17H24N6O2. The fraction of sp³-hybridized carbons (Fsp3) is 0.529. The number of likely N-dealkylation sites (tertiary alicyclic amines) is 1. The number of nitrogens with one attached hydrogen (secondary N) is 1. The van der Waals surface area contributed by atoms with Crippen LogP contribution in [0.15, 0.2) is 24.3 Å². The van der Waals surface area contributed by atoms with Gasteiger partial charge in [0.25, 0.3) is 0 Å². The first kappa shape index (κ1) is 17.5. The lowest BCUT2D eigenvalue weighted by atomic mass is 10.1. The molecular weight excluding hydrogens is 320 g/mol. The maximum atomic E-state index is 12.2. The van der Waals surface area contributed by atoms with E-state index in [9.17, 15) is 4.79 Å². The highest BCUT2D eigenvalue weighted by atomic mass is 16.5. The Morgan fingerprint density at radius 1 is 1.36 bits per heavy atom. The van der Waals surface area contributed by atoms with E-state index in [1.165, 1.54) is 10.4 Å². The molecule has 3 rings (SSSR count). The average molecular weight is 344 g/mol. The Morgan fingerprint density at radius 2 is 2.16 bits per heavy atom. The first-order valence-electron chi connectivity index (χ1n) is 8.49. The number of benzene rings is 1. The van der Waals surface area contributed by atoms with Crippen LogP contribution < -0.4 is 5.32 Å². The quantitative estimate of drug-likeness (QED) is 0.787. The number of aromatic nitrogens is 4. The van der Waals surface area contributed by atoms with Crippen LogP contribution in [0.3, 0.4) is 0 Å². The van der Waals surface area contributed by atoms with Crippen molar-refractivity contribution in [3.8, 4) is 11.4 Å². The highest BCUT2D eigenvalue weighted by molar-refractivity contribution is 5.75. The smallest absolute Gasteiger partial charge is 0.243 e. The molecule has 1 aromatic heterocycles. The normalized spacial score (nSPS) is 17.8. The molecule has 0 radical (unpaired) electrons. The average Bonchev–Trinajstić information content (AvgIpc) is 3.23. The van der Waals surface area contributed by atoms with Crippen LogP contribution in [-0.4, -0.2) is 70.4 Å². The minimum atomic E-state index is -0.0913. The third-order valence-corrected chi connectivity index (χ3v) is 4.30. The SMILES string of the molecule is COCCN1CCC(NC(=O)Cn2nnc(-c3ccc(C)cc3)n2)C1. The van der Waals surface area contributed by atoms with Crippen molar-refractivity contribution >= 4 is 5.91 Å². The molecule has 0 aliphatic carbocycles. The molecule has 8 nitrogen and oxygen atoms in total. The highest BCUT2D eigenvalue weighted by Gasteiger charge is 2.23. The molecule has 0 saturated carbocycles. The number of carbonyl (C=O) groups excluding carboxylic acids is 1. The van der Waals surface area contributed by atoms with Crippen LogP contribution in [0.25, 0.3) is 11.4 Å². The monoisotopic (exact) mass is 344 g/mol. The molecule has 1 aliphatic rings. The summed E-state index contributed by atoms with van der Waals surface area (Å²) in [4.78, 5) is 15.8. The number of tetrazole rings is 1. The van der Waals surface area contributed by atoms with E-state index in [4.69, 9.17) is 4.74 Å². The summed E-state index contributed by atoms with van der Waals surface area (Å²) in [5, 5.41) is 15.3. The van der Waals surface area contributed by atoms with E-state index in [2.05, 4.69) is 25.6 Å². The van der Waals surface area contributed by atoms with Crippen molar-refractivity contribution in [2.24, 2.45) is 0 Å². The maximum Gasteiger partial charge on any atom is 0.243 e. The lowest BCUT2D eigenvalue weighted by molar-refractivity contribution is -0.122. The van der Waals surface area contributed by atoms with Gasteiger partial charge in [-0.15, -0.1) is 10.2 Å². The third kappa shape index (κ3) is 4.83. The summed E-state index contributed by atoms with van der Waals surface area (Å²) in [6, 6.07) is 8.06. The largest absolute Gasteiger partial charge is 0.383 e. The summed E-state index contributed by atoms with van der Waals surface area (Å²) in [5.74, 6) is 0.436. The Morgan fingerprint density at radius 3 is 2.92 bits per heavy atom. The van der Waals surface area contributed by atoms with E-state index in [-0.39, 0.29) is 18.5 Å². The van der Waals surface area contributed by atoms with Gasteiger partial charge in [0.15, 0.2) is 0 Å². The lowest BCUT2D eigenvalue weighted by Crippen LogP contribution is -2.39. The topological polar surface area (TPSA) is 85.2 Å². The van der Waals surface area contributed by atoms with Gasteiger partial charge in [-0.05, 0) is 18.6 Å². The zero-order valence-corrected chi connectivity index (χ0v) is 14.7. The summed E-state index contributed by atoms with van der Waals surface area (Å²) in [7, 11) is 1.70. The molecule has 1 atom stereocenters. The fourth-order valence-electron chi connectivity index (χ4n) is 2.90. The van der Waals surface area contributed by atoms with Gasteiger partial charge in [-0.3, -0.25) is 9.69 Å². The fourth-order valence-corrected chi connectivity index (χ4v) is 2.90. The molecule has 8 heteroatoms. The van der Waals surface area contributed by atoms with E-state index in [1.54, 1.807) is 7.11 Å². The van der Waals surface area contributed by atoms with Gasteiger partial charge in [0.1, 0.15) is 6.54 Å². The number of amides is 1. The molecule has 134 valence electrons. The Labute approximate surface area is 147 Å². The third-order valence-electron chi connectivity index (χ3n) is 4.30. The van der Waals surface area contributed by atoms with Crippen LogP contribution in [0.5, 0.6) is 0 Å². The van der Waals surface area contributed by atoms with Gasteiger partial charge in [0.05, 0.1) is 6.61 Å². The van der Waals surface area contributed by atoms with Crippen LogP contribution >= 0.6 is 0 Å². The Kier molecular flexibility index (Phi) is 5.72. The van der Waals surface area contributed by atoms with E-state index < -0.39 is 0 Å². The molecule has 2 heterocycles. The summed E-state index contributed by atoms with van der Waals surface area (Å²) < 4.78 is 5.09. The molecule has 1 N–H and O–H groups in total. The Hall–Kier alpha value is -2.32. The van der Waals surface area contributed by atoms with Crippen molar-refractivity contribution in [1.82, 2.24) is 30.4 Å². The van der Waals surface area contributed by atoms with Crippen LogP contribution in [0, 0.1) is 6.92 Å². The Balaban J connectivity index is 1.50. The van der Waals surface area contributed by atoms with Gasteiger partial charge in [-0.25, -0.2) is 0 Å². The molecule has 25 heavy (non-hydrogen) atoms. The predicted octanol–water partition coefficient (Wildman–Crippen LogP) is 0.485. The van der Waals surface area contributed by atoms with Crippen molar-refractivity contribution in [1.29, 1.82) is 0 Å². The molecule has 1 saturated heterocycles. The lowest BCUT2D eigenvalue weighted by Gasteiger charge is -2.15. The first-order chi connectivity index (χ1) is 12.1. The first-order valence-corrected chi connectivity index (χ1v) is 8.49. The highest BCUT2D eigenvalue weighted by Crippen LogP contribution is 2.14. The second-order valence-corrected chi connectivity index (χ2v) is 6.36. The summed E-state index contributed by atoms with van der Waals surface area (Å²) in [6.07, 6.45) is 0.953. The van der Waals surface area contributed by atoms with E-state index >= 15 is 0 Å². The molecule has 0 spiro atoms. The van der Waals surface area contributed by atoms with E-state index in [0.29, 0.717) is 12.4 Å². The molecule has 1 unspecified atom stereocenters. The van der Waals surface area contributed by atoms with Gasteiger partial charge in [-0.2, -0.15) is 4.80 Å². The summed E-state index contributed by atoms with van der Waals surface area (Å²) in [5.41, 5.74) is 2.06. The maximum absolute atomic E-state index is 12.2. The van der Waals surface area contributed by atoms with Gasteiger partial charge >= 0.3 is 0 Å². The number of aryl methyl sites for hydroxylation is 1. The van der Waals surface area contributed by atoms with Crippen molar-refractivity contribution in [2.75, 3.05) is 33.4 Å².